The highest BCUT2D eigenvalue weighted by molar-refractivity contribution is 5.72. The summed E-state index contributed by atoms with van der Waals surface area (Å²) in [5.41, 5.74) is 0. The molecule has 4 nitrogen and oxygen atoms in total. The van der Waals surface area contributed by atoms with Crippen LogP contribution in [0.25, 0.3) is 0 Å². The lowest BCUT2D eigenvalue weighted by molar-refractivity contribution is -0.147. The first-order chi connectivity index (χ1) is 6.00. The van der Waals surface area contributed by atoms with Crippen molar-refractivity contribution in [3.63, 3.8) is 0 Å². The van der Waals surface area contributed by atoms with Gasteiger partial charge in [-0.1, -0.05) is 0 Å². The van der Waals surface area contributed by atoms with Crippen LogP contribution in [0.4, 0.5) is 0 Å². The highest BCUT2D eigenvalue weighted by Gasteiger charge is 2.28. The van der Waals surface area contributed by atoms with E-state index in [4.69, 9.17) is 9.84 Å². The number of rotatable bonds is 2. The van der Waals surface area contributed by atoms with Gasteiger partial charge in [0.05, 0.1) is 12.2 Å². The Morgan fingerprint density at radius 2 is 1.92 bits per heavy atom. The van der Waals surface area contributed by atoms with Crippen LogP contribution in [-0.4, -0.2) is 47.3 Å². The zero-order chi connectivity index (χ0) is 10.0. The summed E-state index contributed by atoms with van der Waals surface area (Å²) in [5.74, 6) is -0.763. The van der Waals surface area contributed by atoms with E-state index >= 15 is 0 Å². The van der Waals surface area contributed by atoms with Crippen LogP contribution in [0.5, 0.6) is 0 Å². The van der Waals surface area contributed by atoms with Gasteiger partial charge in [0.1, 0.15) is 6.04 Å². The van der Waals surface area contributed by atoms with Gasteiger partial charge in [-0.15, -0.1) is 0 Å². The fourth-order valence-corrected chi connectivity index (χ4v) is 1.69. The van der Waals surface area contributed by atoms with E-state index in [0.717, 1.165) is 0 Å². The second-order valence-corrected chi connectivity index (χ2v) is 3.73. The summed E-state index contributed by atoms with van der Waals surface area (Å²) in [6.45, 7) is 7.07. The summed E-state index contributed by atoms with van der Waals surface area (Å²) in [5, 5.41) is 8.82. The number of ether oxygens (including phenoxy) is 1. The third-order valence-electron chi connectivity index (χ3n) is 2.35. The molecule has 3 atom stereocenters. The topological polar surface area (TPSA) is 49.8 Å². The van der Waals surface area contributed by atoms with Crippen molar-refractivity contribution in [2.45, 2.75) is 39.0 Å². The number of aliphatic carboxylic acids is 1. The Bertz CT molecular complexity index is 185. The maximum absolute atomic E-state index is 10.7. The van der Waals surface area contributed by atoms with E-state index in [1.54, 1.807) is 6.92 Å². The molecule has 0 aromatic rings. The Hall–Kier alpha value is -0.610. The molecule has 0 unspecified atom stereocenters. The molecule has 1 N–H and O–H groups in total. The minimum Gasteiger partial charge on any atom is -0.480 e. The quantitative estimate of drug-likeness (QED) is 0.686. The molecule has 1 heterocycles. The predicted molar refractivity (Wildman–Crippen MR) is 48.7 cm³/mol. The molecule has 76 valence electrons. The molecule has 0 radical (unpaired) electrons. The Balaban J connectivity index is 2.54. The Kier molecular flexibility index (Phi) is 3.27. The minimum absolute atomic E-state index is 0.130. The van der Waals surface area contributed by atoms with Crippen molar-refractivity contribution in [1.29, 1.82) is 0 Å². The highest BCUT2D eigenvalue weighted by Crippen LogP contribution is 2.13. The highest BCUT2D eigenvalue weighted by atomic mass is 16.5. The first-order valence-corrected chi connectivity index (χ1v) is 4.63. The van der Waals surface area contributed by atoms with Gasteiger partial charge in [0.15, 0.2) is 0 Å². The molecule has 1 aliphatic heterocycles. The number of carboxylic acids is 1. The van der Waals surface area contributed by atoms with Gasteiger partial charge in [-0.2, -0.15) is 0 Å². The molecule has 0 amide bonds. The first kappa shape index (κ1) is 10.5. The second-order valence-electron chi connectivity index (χ2n) is 3.73. The zero-order valence-corrected chi connectivity index (χ0v) is 8.36. The molecule has 0 spiro atoms. The van der Waals surface area contributed by atoms with E-state index in [1.165, 1.54) is 0 Å². The van der Waals surface area contributed by atoms with E-state index in [-0.39, 0.29) is 12.2 Å². The van der Waals surface area contributed by atoms with Crippen LogP contribution in [-0.2, 0) is 9.53 Å². The lowest BCUT2D eigenvalue weighted by atomic mass is 10.2. The molecule has 0 aromatic carbocycles. The molecule has 0 bridgehead atoms. The van der Waals surface area contributed by atoms with Crippen molar-refractivity contribution >= 4 is 5.97 Å². The van der Waals surface area contributed by atoms with Gasteiger partial charge in [0.25, 0.3) is 0 Å². The molecule has 1 aliphatic rings. The third-order valence-corrected chi connectivity index (χ3v) is 2.35. The van der Waals surface area contributed by atoms with Crippen LogP contribution in [0.3, 0.4) is 0 Å². The molecule has 1 saturated heterocycles. The second kappa shape index (κ2) is 4.07. The standard InChI is InChI=1S/C9H17NO3/c1-6-4-10(5-7(2)13-6)8(3)9(11)12/h6-8H,4-5H2,1-3H3,(H,11,12)/t6-,7-,8+/m0/s1. The number of hydrogen-bond acceptors (Lipinski definition) is 3. The summed E-state index contributed by atoms with van der Waals surface area (Å²) in [4.78, 5) is 12.7. The molecule has 1 fully saturated rings. The maximum atomic E-state index is 10.7. The number of carboxylic acid groups (broad SMARTS) is 1. The normalized spacial score (nSPS) is 32.8. The van der Waals surface area contributed by atoms with Crippen molar-refractivity contribution in [2.75, 3.05) is 13.1 Å². The van der Waals surface area contributed by atoms with Gasteiger partial charge in [0.2, 0.25) is 0 Å². The number of morpholine rings is 1. The molecular weight excluding hydrogens is 170 g/mol. The van der Waals surface area contributed by atoms with E-state index in [2.05, 4.69) is 0 Å². The smallest absolute Gasteiger partial charge is 0.320 e. The Morgan fingerprint density at radius 3 is 2.31 bits per heavy atom. The van der Waals surface area contributed by atoms with Crippen LogP contribution in [0.1, 0.15) is 20.8 Å². The van der Waals surface area contributed by atoms with Crippen molar-refractivity contribution < 1.29 is 14.6 Å². The van der Waals surface area contributed by atoms with Gasteiger partial charge in [-0.05, 0) is 20.8 Å². The largest absolute Gasteiger partial charge is 0.480 e. The lowest BCUT2D eigenvalue weighted by Gasteiger charge is -2.37. The van der Waals surface area contributed by atoms with Crippen molar-refractivity contribution in [3.05, 3.63) is 0 Å². The average molecular weight is 187 g/mol. The third kappa shape index (κ3) is 2.67. The fraction of sp³-hybridized carbons (Fsp3) is 0.889. The van der Waals surface area contributed by atoms with E-state index in [1.807, 2.05) is 18.7 Å². The average Bonchev–Trinajstić information content (AvgIpc) is 2.01. The van der Waals surface area contributed by atoms with Crippen molar-refractivity contribution in [3.8, 4) is 0 Å². The Labute approximate surface area is 78.5 Å². The predicted octanol–water partition coefficient (Wildman–Crippen LogP) is 0.569. The number of nitrogens with zero attached hydrogens (tertiary/aromatic N) is 1. The monoisotopic (exact) mass is 187 g/mol. The molecule has 13 heavy (non-hydrogen) atoms. The fourth-order valence-electron chi connectivity index (χ4n) is 1.69. The molecule has 0 aliphatic carbocycles. The summed E-state index contributed by atoms with van der Waals surface area (Å²) >= 11 is 0. The maximum Gasteiger partial charge on any atom is 0.320 e. The molecule has 4 heteroatoms. The molecule has 0 saturated carbocycles. The SMILES string of the molecule is C[C@H](C(=O)O)N1C[C@H](C)O[C@@H](C)C1. The van der Waals surface area contributed by atoms with Crippen molar-refractivity contribution in [2.24, 2.45) is 0 Å². The van der Waals surface area contributed by atoms with Gasteiger partial charge in [0, 0.05) is 13.1 Å². The van der Waals surface area contributed by atoms with Crippen LogP contribution in [0.2, 0.25) is 0 Å². The van der Waals surface area contributed by atoms with Crippen LogP contribution >= 0.6 is 0 Å². The minimum atomic E-state index is -0.763. The molecule has 0 aromatic heterocycles. The number of hydrogen-bond donors (Lipinski definition) is 1. The van der Waals surface area contributed by atoms with Crippen LogP contribution in [0, 0.1) is 0 Å². The van der Waals surface area contributed by atoms with E-state index in [9.17, 15) is 4.79 Å². The van der Waals surface area contributed by atoms with Gasteiger partial charge >= 0.3 is 5.97 Å². The summed E-state index contributed by atoms with van der Waals surface area (Å²) in [6, 6.07) is -0.409. The van der Waals surface area contributed by atoms with Crippen molar-refractivity contribution in [1.82, 2.24) is 4.90 Å². The summed E-state index contributed by atoms with van der Waals surface area (Å²) in [7, 11) is 0. The molecular formula is C9H17NO3. The van der Waals surface area contributed by atoms with E-state index in [0.29, 0.717) is 13.1 Å². The number of carbonyl (C=O) groups is 1. The zero-order valence-electron chi connectivity index (χ0n) is 8.36. The molecule has 1 rings (SSSR count). The first-order valence-electron chi connectivity index (χ1n) is 4.63. The van der Waals surface area contributed by atoms with Crippen LogP contribution in [0.15, 0.2) is 0 Å². The lowest BCUT2D eigenvalue weighted by Crippen LogP contribution is -2.51. The van der Waals surface area contributed by atoms with Gasteiger partial charge in [-0.3, -0.25) is 9.69 Å². The van der Waals surface area contributed by atoms with Crippen LogP contribution < -0.4 is 0 Å². The summed E-state index contributed by atoms with van der Waals surface area (Å²) in [6.07, 6.45) is 0.260. The summed E-state index contributed by atoms with van der Waals surface area (Å²) < 4.78 is 5.51. The van der Waals surface area contributed by atoms with E-state index < -0.39 is 12.0 Å². The Morgan fingerprint density at radius 1 is 1.46 bits per heavy atom. The van der Waals surface area contributed by atoms with Gasteiger partial charge < -0.3 is 9.84 Å². The van der Waals surface area contributed by atoms with Gasteiger partial charge in [-0.25, -0.2) is 0 Å².